The summed E-state index contributed by atoms with van der Waals surface area (Å²) in [7, 11) is 0. The van der Waals surface area contributed by atoms with E-state index in [4.69, 9.17) is 0 Å². The lowest BCUT2D eigenvalue weighted by Gasteiger charge is -2.26. The molecule has 0 unspecified atom stereocenters. The largest absolute Gasteiger partial charge is 0.412 e. The number of rotatable bonds is 3. The van der Waals surface area contributed by atoms with Gasteiger partial charge in [0.1, 0.15) is 5.83 Å². The zero-order chi connectivity index (χ0) is 18.7. The van der Waals surface area contributed by atoms with E-state index in [-0.39, 0.29) is 11.6 Å². The second-order valence-electron chi connectivity index (χ2n) is 7.19. The van der Waals surface area contributed by atoms with Crippen molar-refractivity contribution in [3.8, 4) is 11.1 Å². The predicted octanol–water partition coefficient (Wildman–Crippen LogP) is 7.52. The van der Waals surface area contributed by atoms with E-state index in [0.29, 0.717) is 5.92 Å². The minimum absolute atomic E-state index is 0.0704. The zero-order valence-corrected chi connectivity index (χ0v) is 14.7. The summed E-state index contributed by atoms with van der Waals surface area (Å²) >= 11 is 0. The van der Waals surface area contributed by atoms with E-state index in [1.807, 2.05) is 12.1 Å². The van der Waals surface area contributed by atoms with E-state index < -0.39 is 12.0 Å². The van der Waals surface area contributed by atoms with Crippen LogP contribution in [0, 0.1) is 5.92 Å². The Morgan fingerprint density at radius 2 is 1.35 bits per heavy atom. The van der Waals surface area contributed by atoms with Crippen molar-refractivity contribution in [3.05, 3.63) is 65.7 Å². The molecule has 1 aliphatic carbocycles. The number of allylic oxidation sites excluding steroid dienone is 1. The molecule has 1 saturated carbocycles. The van der Waals surface area contributed by atoms with E-state index >= 15 is 0 Å². The first-order valence-electron chi connectivity index (χ1n) is 8.98. The van der Waals surface area contributed by atoms with Gasteiger partial charge in [-0.2, -0.15) is 13.2 Å². The maximum Gasteiger partial charge on any atom is 0.412 e. The molecule has 4 heteroatoms. The Hall–Kier alpha value is -2.10. The summed E-state index contributed by atoms with van der Waals surface area (Å²) in [6.07, 6.45) is 0.00710. The van der Waals surface area contributed by atoms with E-state index in [2.05, 4.69) is 19.1 Å². The Bertz CT molecular complexity index is 746. The Labute approximate surface area is 151 Å². The van der Waals surface area contributed by atoms with Gasteiger partial charge in [-0.3, -0.25) is 0 Å². The first kappa shape index (κ1) is 18.7. The molecule has 138 valence electrons. The fraction of sp³-hybridized carbons (Fsp3) is 0.364. The van der Waals surface area contributed by atoms with E-state index in [1.54, 1.807) is 12.1 Å². The standard InChI is InChI=1S/C22H22F4/c1-15-2-4-16(5-3-15)17-6-8-18(9-7-17)19-10-12-20(13-11-19)21(23)14-22(24,25)26/h6-16H,2-5H2,1H3/b21-14-. The van der Waals surface area contributed by atoms with Crippen molar-refractivity contribution < 1.29 is 17.6 Å². The quantitative estimate of drug-likeness (QED) is 0.495. The Morgan fingerprint density at radius 3 is 1.85 bits per heavy atom. The molecule has 2 aromatic carbocycles. The molecular weight excluding hydrogens is 340 g/mol. The van der Waals surface area contributed by atoms with Gasteiger partial charge in [-0.15, -0.1) is 0 Å². The average molecular weight is 362 g/mol. The highest BCUT2D eigenvalue weighted by atomic mass is 19.4. The van der Waals surface area contributed by atoms with Crippen molar-refractivity contribution in [2.24, 2.45) is 5.92 Å². The molecule has 1 aliphatic rings. The van der Waals surface area contributed by atoms with Crippen molar-refractivity contribution in [2.75, 3.05) is 0 Å². The van der Waals surface area contributed by atoms with Crippen LogP contribution in [-0.2, 0) is 0 Å². The molecule has 2 aromatic rings. The third kappa shape index (κ3) is 4.75. The topological polar surface area (TPSA) is 0 Å². The van der Waals surface area contributed by atoms with E-state index in [1.165, 1.54) is 43.4 Å². The third-order valence-corrected chi connectivity index (χ3v) is 5.18. The molecule has 0 saturated heterocycles. The van der Waals surface area contributed by atoms with Crippen LogP contribution < -0.4 is 0 Å². The van der Waals surface area contributed by atoms with Gasteiger partial charge >= 0.3 is 6.18 Å². The van der Waals surface area contributed by atoms with Crippen LogP contribution in [0.5, 0.6) is 0 Å². The van der Waals surface area contributed by atoms with Gasteiger partial charge in [0.2, 0.25) is 0 Å². The van der Waals surface area contributed by atoms with Gasteiger partial charge in [0.25, 0.3) is 0 Å². The highest BCUT2D eigenvalue weighted by molar-refractivity contribution is 5.68. The summed E-state index contributed by atoms with van der Waals surface area (Å²) in [6, 6.07) is 14.4. The summed E-state index contributed by atoms with van der Waals surface area (Å²) in [4.78, 5) is 0. The van der Waals surface area contributed by atoms with Crippen LogP contribution in [0.15, 0.2) is 54.6 Å². The molecular formula is C22H22F4. The van der Waals surface area contributed by atoms with Crippen molar-refractivity contribution in [2.45, 2.75) is 44.7 Å². The highest BCUT2D eigenvalue weighted by Crippen LogP contribution is 2.36. The Morgan fingerprint density at radius 1 is 0.846 bits per heavy atom. The fourth-order valence-electron chi connectivity index (χ4n) is 3.59. The Kier molecular flexibility index (Phi) is 5.49. The minimum atomic E-state index is -4.66. The minimum Gasteiger partial charge on any atom is -0.206 e. The smallest absolute Gasteiger partial charge is 0.206 e. The summed E-state index contributed by atoms with van der Waals surface area (Å²) in [6.45, 7) is 2.30. The second kappa shape index (κ2) is 7.65. The molecule has 0 aromatic heterocycles. The van der Waals surface area contributed by atoms with E-state index in [9.17, 15) is 17.6 Å². The van der Waals surface area contributed by atoms with E-state index in [0.717, 1.165) is 17.0 Å². The second-order valence-corrected chi connectivity index (χ2v) is 7.19. The number of alkyl halides is 3. The summed E-state index contributed by atoms with van der Waals surface area (Å²) in [5.74, 6) is 0.158. The molecule has 0 atom stereocenters. The monoisotopic (exact) mass is 362 g/mol. The maximum atomic E-state index is 13.6. The predicted molar refractivity (Wildman–Crippen MR) is 97.4 cm³/mol. The highest BCUT2D eigenvalue weighted by Gasteiger charge is 2.25. The molecule has 0 spiro atoms. The lowest BCUT2D eigenvalue weighted by molar-refractivity contribution is -0.0798. The van der Waals surface area contributed by atoms with Crippen LogP contribution in [-0.4, -0.2) is 6.18 Å². The molecule has 0 amide bonds. The first-order chi connectivity index (χ1) is 12.3. The Balaban J connectivity index is 1.72. The van der Waals surface area contributed by atoms with Crippen molar-refractivity contribution in [1.82, 2.24) is 0 Å². The number of hydrogen-bond donors (Lipinski definition) is 0. The van der Waals surface area contributed by atoms with Crippen molar-refractivity contribution in [1.29, 1.82) is 0 Å². The van der Waals surface area contributed by atoms with Gasteiger partial charge in [-0.25, -0.2) is 4.39 Å². The molecule has 1 fully saturated rings. The third-order valence-electron chi connectivity index (χ3n) is 5.18. The van der Waals surface area contributed by atoms with Gasteiger partial charge in [-0.05, 0) is 41.4 Å². The van der Waals surface area contributed by atoms with Crippen molar-refractivity contribution >= 4 is 5.83 Å². The molecule has 0 bridgehead atoms. The fourth-order valence-corrected chi connectivity index (χ4v) is 3.59. The lowest BCUT2D eigenvalue weighted by atomic mass is 9.79. The molecule has 0 radical (unpaired) electrons. The molecule has 0 heterocycles. The molecule has 0 nitrogen and oxygen atoms in total. The molecule has 26 heavy (non-hydrogen) atoms. The van der Waals surface area contributed by atoms with Crippen molar-refractivity contribution in [3.63, 3.8) is 0 Å². The van der Waals surface area contributed by atoms with Gasteiger partial charge < -0.3 is 0 Å². The lowest BCUT2D eigenvalue weighted by Crippen LogP contribution is -2.10. The van der Waals surface area contributed by atoms with Gasteiger partial charge in [0.15, 0.2) is 0 Å². The van der Waals surface area contributed by atoms with Crippen LogP contribution in [0.1, 0.15) is 49.7 Å². The molecule has 3 rings (SSSR count). The summed E-state index contributed by atoms with van der Waals surface area (Å²) in [5, 5.41) is 0. The number of hydrogen-bond acceptors (Lipinski definition) is 0. The molecule has 0 aliphatic heterocycles. The number of benzene rings is 2. The maximum absolute atomic E-state index is 13.6. The first-order valence-corrected chi connectivity index (χ1v) is 8.98. The molecule has 0 N–H and O–H groups in total. The van der Waals surface area contributed by atoms with Crippen LogP contribution in [0.2, 0.25) is 0 Å². The summed E-state index contributed by atoms with van der Waals surface area (Å²) in [5.41, 5.74) is 3.11. The number of halogens is 4. The SMILES string of the molecule is CC1CCC(c2ccc(-c3ccc(/C(F)=C/C(F)(F)F)cc3)cc2)CC1. The normalized spacial score (nSPS) is 21.7. The average Bonchev–Trinajstić information content (AvgIpc) is 2.61. The van der Waals surface area contributed by atoms with Crippen LogP contribution in [0.25, 0.3) is 17.0 Å². The van der Waals surface area contributed by atoms with Gasteiger partial charge in [0.05, 0.1) is 6.08 Å². The van der Waals surface area contributed by atoms with Crippen LogP contribution in [0.4, 0.5) is 17.6 Å². The van der Waals surface area contributed by atoms with Gasteiger partial charge in [0, 0.05) is 5.56 Å². The van der Waals surface area contributed by atoms with Crippen LogP contribution in [0.3, 0.4) is 0 Å². The van der Waals surface area contributed by atoms with Gasteiger partial charge in [-0.1, -0.05) is 68.3 Å². The summed E-state index contributed by atoms with van der Waals surface area (Å²) < 4.78 is 50.3. The zero-order valence-electron chi connectivity index (χ0n) is 14.7. The van der Waals surface area contributed by atoms with Crippen LogP contribution >= 0.6 is 0 Å².